The standard InChI is InChI=1S/C19H23N5O3.ClH/c1-14-21-16(27-22-14)13-23-17(25)19(8-10-20-11-9-19)24(18(23)26)12-7-15-5-3-2-4-6-15;/h2-6,20H,7-13H2,1H3;1H. The van der Waals surface area contributed by atoms with Gasteiger partial charge in [-0.2, -0.15) is 4.98 Å². The van der Waals surface area contributed by atoms with Gasteiger partial charge < -0.3 is 14.7 Å². The lowest BCUT2D eigenvalue weighted by Gasteiger charge is -2.38. The molecule has 150 valence electrons. The molecular weight excluding hydrogens is 382 g/mol. The summed E-state index contributed by atoms with van der Waals surface area (Å²) < 4.78 is 5.13. The molecule has 2 aliphatic heterocycles. The van der Waals surface area contributed by atoms with E-state index in [2.05, 4.69) is 15.5 Å². The van der Waals surface area contributed by atoms with Crippen molar-refractivity contribution in [2.45, 2.75) is 38.3 Å². The number of halogens is 1. The van der Waals surface area contributed by atoms with Crippen molar-refractivity contribution >= 4 is 24.3 Å². The van der Waals surface area contributed by atoms with Crippen LogP contribution in [-0.4, -0.2) is 57.1 Å². The number of urea groups is 1. The summed E-state index contributed by atoms with van der Waals surface area (Å²) in [7, 11) is 0. The van der Waals surface area contributed by atoms with E-state index in [1.807, 2.05) is 30.3 Å². The molecule has 0 bridgehead atoms. The molecule has 2 aliphatic rings. The van der Waals surface area contributed by atoms with E-state index in [0.717, 1.165) is 5.56 Å². The van der Waals surface area contributed by atoms with Gasteiger partial charge >= 0.3 is 6.03 Å². The number of piperidine rings is 1. The second-order valence-corrected chi connectivity index (χ2v) is 7.08. The molecule has 3 amide bonds. The molecule has 0 radical (unpaired) electrons. The lowest BCUT2D eigenvalue weighted by atomic mass is 9.86. The number of hydrogen-bond acceptors (Lipinski definition) is 6. The van der Waals surface area contributed by atoms with Crippen LogP contribution in [0.4, 0.5) is 4.79 Å². The van der Waals surface area contributed by atoms with Gasteiger partial charge in [-0.25, -0.2) is 4.79 Å². The minimum atomic E-state index is -0.772. The minimum Gasteiger partial charge on any atom is -0.337 e. The van der Waals surface area contributed by atoms with E-state index >= 15 is 0 Å². The molecule has 28 heavy (non-hydrogen) atoms. The third kappa shape index (κ3) is 3.62. The monoisotopic (exact) mass is 405 g/mol. The highest BCUT2D eigenvalue weighted by Crippen LogP contribution is 2.36. The summed E-state index contributed by atoms with van der Waals surface area (Å²) in [5.74, 6) is 0.614. The Bertz CT molecular complexity index is 835. The van der Waals surface area contributed by atoms with Gasteiger partial charge in [-0.05, 0) is 44.8 Å². The van der Waals surface area contributed by atoms with Crippen LogP contribution in [-0.2, 0) is 17.8 Å². The highest BCUT2D eigenvalue weighted by atomic mass is 35.5. The average molecular weight is 406 g/mol. The smallest absolute Gasteiger partial charge is 0.328 e. The molecule has 0 unspecified atom stereocenters. The maximum absolute atomic E-state index is 13.3. The maximum atomic E-state index is 13.3. The maximum Gasteiger partial charge on any atom is 0.328 e. The average Bonchev–Trinajstić information content (AvgIpc) is 3.18. The minimum absolute atomic E-state index is 0. The number of imide groups is 1. The molecule has 0 saturated carbocycles. The molecule has 1 aromatic heterocycles. The molecule has 2 saturated heterocycles. The van der Waals surface area contributed by atoms with Crippen molar-refractivity contribution in [2.24, 2.45) is 0 Å². The second kappa shape index (κ2) is 8.28. The fraction of sp³-hybridized carbons (Fsp3) is 0.474. The normalized spacial score (nSPS) is 18.6. The second-order valence-electron chi connectivity index (χ2n) is 7.08. The first kappa shape index (κ1) is 20.3. The Morgan fingerprint density at radius 2 is 1.89 bits per heavy atom. The zero-order chi connectivity index (χ0) is 18.9. The molecule has 2 aromatic rings. The third-order valence-corrected chi connectivity index (χ3v) is 5.38. The lowest BCUT2D eigenvalue weighted by molar-refractivity contribution is -0.135. The number of carbonyl (C=O) groups excluding carboxylic acids is 2. The van der Waals surface area contributed by atoms with Crippen LogP contribution in [0.25, 0.3) is 0 Å². The first-order valence-corrected chi connectivity index (χ1v) is 9.27. The van der Waals surface area contributed by atoms with Crippen molar-refractivity contribution in [3.8, 4) is 0 Å². The summed E-state index contributed by atoms with van der Waals surface area (Å²) in [6.45, 7) is 3.67. The van der Waals surface area contributed by atoms with E-state index in [4.69, 9.17) is 4.52 Å². The SMILES string of the molecule is Cc1noc(CN2C(=O)N(CCc3ccccc3)C3(CCNCC3)C2=O)n1.Cl. The number of benzene rings is 1. The van der Waals surface area contributed by atoms with E-state index in [9.17, 15) is 9.59 Å². The number of aromatic nitrogens is 2. The van der Waals surface area contributed by atoms with Crippen molar-refractivity contribution < 1.29 is 14.1 Å². The van der Waals surface area contributed by atoms with Crippen molar-refractivity contribution in [3.63, 3.8) is 0 Å². The fourth-order valence-electron chi connectivity index (χ4n) is 3.98. The van der Waals surface area contributed by atoms with Gasteiger partial charge in [0.05, 0.1) is 0 Å². The molecule has 4 rings (SSSR count). The Labute approximate surface area is 169 Å². The predicted octanol–water partition coefficient (Wildman–Crippen LogP) is 1.93. The summed E-state index contributed by atoms with van der Waals surface area (Å²) in [6.07, 6.45) is 1.94. The van der Waals surface area contributed by atoms with Crippen molar-refractivity contribution in [1.82, 2.24) is 25.3 Å². The van der Waals surface area contributed by atoms with Crippen LogP contribution in [0.5, 0.6) is 0 Å². The summed E-state index contributed by atoms with van der Waals surface area (Å²) in [5, 5.41) is 7.03. The van der Waals surface area contributed by atoms with Crippen LogP contribution in [0, 0.1) is 6.92 Å². The Hall–Kier alpha value is -2.45. The van der Waals surface area contributed by atoms with Crippen LogP contribution >= 0.6 is 12.4 Å². The predicted molar refractivity (Wildman–Crippen MR) is 104 cm³/mol. The van der Waals surface area contributed by atoms with Gasteiger partial charge in [0, 0.05) is 6.54 Å². The summed E-state index contributed by atoms with van der Waals surface area (Å²) >= 11 is 0. The summed E-state index contributed by atoms with van der Waals surface area (Å²) in [4.78, 5) is 33.6. The Balaban J connectivity index is 0.00000225. The van der Waals surface area contributed by atoms with Gasteiger partial charge in [0.2, 0.25) is 5.89 Å². The Kier molecular flexibility index (Phi) is 6.00. The van der Waals surface area contributed by atoms with Gasteiger partial charge in [0.1, 0.15) is 12.1 Å². The number of nitrogens with zero attached hydrogens (tertiary/aromatic N) is 4. The van der Waals surface area contributed by atoms with Crippen LogP contribution in [0.2, 0.25) is 0 Å². The quantitative estimate of drug-likeness (QED) is 0.764. The van der Waals surface area contributed by atoms with Crippen molar-refractivity contribution in [2.75, 3.05) is 19.6 Å². The van der Waals surface area contributed by atoms with Gasteiger partial charge in [-0.1, -0.05) is 35.5 Å². The fourth-order valence-corrected chi connectivity index (χ4v) is 3.98. The molecule has 1 aromatic carbocycles. The number of amides is 3. The van der Waals surface area contributed by atoms with E-state index in [-0.39, 0.29) is 36.8 Å². The van der Waals surface area contributed by atoms with E-state index in [1.165, 1.54) is 4.90 Å². The summed E-state index contributed by atoms with van der Waals surface area (Å²) in [5.41, 5.74) is 0.374. The highest BCUT2D eigenvalue weighted by Gasteiger charge is 2.57. The number of hydrogen-bond donors (Lipinski definition) is 1. The van der Waals surface area contributed by atoms with Crippen LogP contribution in [0.1, 0.15) is 30.1 Å². The van der Waals surface area contributed by atoms with Gasteiger partial charge in [0.15, 0.2) is 5.82 Å². The number of nitrogens with one attached hydrogen (secondary N) is 1. The first-order valence-electron chi connectivity index (χ1n) is 9.27. The van der Waals surface area contributed by atoms with Crippen molar-refractivity contribution in [1.29, 1.82) is 0 Å². The van der Waals surface area contributed by atoms with Crippen LogP contribution < -0.4 is 5.32 Å². The third-order valence-electron chi connectivity index (χ3n) is 5.38. The zero-order valence-electron chi connectivity index (χ0n) is 15.8. The van der Waals surface area contributed by atoms with E-state index in [1.54, 1.807) is 11.8 Å². The highest BCUT2D eigenvalue weighted by molar-refractivity contribution is 6.07. The molecule has 0 atom stereocenters. The van der Waals surface area contributed by atoms with Crippen molar-refractivity contribution in [3.05, 3.63) is 47.6 Å². The number of rotatable bonds is 5. The van der Waals surface area contributed by atoms with E-state index < -0.39 is 5.54 Å². The van der Waals surface area contributed by atoms with Crippen LogP contribution in [0.15, 0.2) is 34.9 Å². The largest absolute Gasteiger partial charge is 0.337 e. The molecule has 9 heteroatoms. The Morgan fingerprint density at radius 1 is 1.18 bits per heavy atom. The van der Waals surface area contributed by atoms with Gasteiger partial charge in [-0.15, -0.1) is 12.4 Å². The molecule has 8 nitrogen and oxygen atoms in total. The molecular formula is C19H24ClN5O3. The summed E-state index contributed by atoms with van der Waals surface area (Å²) in [6, 6.07) is 9.74. The van der Waals surface area contributed by atoms with Gasteiger partial charge in [-0.3, -0.25) is 9.69 Å². The molecule has 1 spiro atoms. The number of carbonyl (C=O) groups is 2. The zero-order valence-corrected chi connectivity index (χ0v) is 16.6. The first-order chi connectivity index (χ1) is 13.1. The lowest BCUT2D eigenvalue weighted by Crippen LogP contribution is -2.56. The Morgan fingerprint density at radius 3 is 2.54 bits per heavy atom. The molecule has 0 aliphatic carbocycles. The van der Waals surface area contributed by atoms with Gasteiger partial charge in [0.25, 0.3) is 5.91 Å². The van der Waals surface area contributed by atoms with E-state index in [0.29, 0.717) is 44.7 Å². The van der Waals surface area contributed by atoms with Crippen LogP contribution in [0.3, 0.4) is 0 Å². The molecule has 2 fully saturated rings. The number of aryl methyl sites for hydroxylation is 1. The molecule has 3 heterocycles. The molecule has 1 N–H and O–H groups in total. The topological polar surface area (TPSA) is 91.6 Å².